The molecule has 1 fully saturated rings. The minimum atomic E-state index is -1.06. The molecule has 0 saturated carbocycles. The zero-order valence-electron chi connectivity index (χ0n) is 24.3. The molecule has 2 aromatic carbocycles. The number of benzene rings is 2. The van der Waals surface area contributed by atoms with Gasteiger partial charge < -0.3 is 24.4 Å². The second-order valence-corrected chi connectivity index (χ2v) is 11.4. The molecule has 3 N–H and O–H groups in total. The van der Waals surface area contributed by atoms with Crippen LogP contribution in [0.4, 0.5) is 5.95 Å². The van der Waals surface area contributed by atoms with Crippen molar-refractivity contribution in [2.45, 2.75) is 39.5 Å². The summed E-state index contributed by atoms with van der Waals surface area (Å²) in [6.07, 6.45) is 0.498. The van der Waals surface area contributed by atoms with E-state index in [0.717, 1.165) is 43.8 Å². The zero-order valence-corrected chi connectivity index (χ0v) is 24.3. The summed E-state index contributed by atoms with van der Waals surface area (Å²) in [6, 6.07) is 13.6. The number of carbonyl (C=O) groups excluding carboxylic acids is 2. The molecule has 4 aromatic rings. The number of amides is 1. The van der Waals surface area contributed by atoms with E-state index in [2.05, 4.69) is 39.3 Å². The summed E-state index contributed by atoms with van der Waals surface area (Å²) in [5, 5.41) is 23.6. The highest BCUT2D eigenvalue weighted by atomic mass is 16.5. The Morgan fingerprint density at radius 3 is 2.57 bits per heavy atom. The summed E-state index contributed by atoms with van der Waals surface area (Å²) in [6.45, 7) is 10.2. The smallest absolute Gasteiger partial charge is 0.258 e. The summed E-state index contributed by atoms with van der Waals surface area (Å²) >= 11 is 0. The summed E-state index contributed by atoms with van der Waals surface area (Å²) < 4.78 is 7.61. The molecule has 2 aromatic heterocycles. The van der Waals surface area contributed by atoms with Crippen LogP contribution in [0.25, 0.3) is 11.0 Å². The summed E-state index contributed by atoms with van der Waals surface area (Å²) in [5.41, 5.74) is 2.36. The number of aldehydes is 1. The van der Waals surface area contributed by atoms with Crippen molar-refractivity contribution in [3.63, 3.8) is 0 Å². The van der Waals surface area contributed by atoms with E-state index in [1.54, 1.807) is 32.9 Å². The normalized spacial score (nSPS) is 14.7. The summed E-state index contributed by atoms with van der Waals surface area (Å²) in [7, 11) is 2.13. The Morgan fingerprint density at radius 1 is 1.10 bits per heavy atom. The minimum absolute atomic E-state index is 0.0147. The monoisotopic (exact) mass is 572 g/mol. The lowest BCUT2D eigenvalue weighted by atomic mass is 10.1. The number of imidazole rings is 1. The number of nitrogens with one attached hydrogen (secondary N) is 1. The molecule has 1 saturated heterocycles. The second kappa shape index (κ2) is 11.9. The van der Waals surface area contributed by atoms with E-state index in [-0.39, 0.29) is 35.1 Å². The van der Waals surface area contributed by atoms with Gasteiger partial charge in [0.05, 0.1) is 28.7 Å². The van der Waals surface area contributed by atoms with Gasteiger partial charge >= 0.3 is 0 Å². The number of carbonyl (C=O) groups is 2. The fraction of sp³-hybridized carbons (Fsp3) is 0.355. The molecule has 1 aliphatic heterocycles. The van der Waals surface area contributed by atoms with Gasteiger partial charge in [0.25, 0.3) is 5.91 Å². The maximum atomic E-state index is 13.5. The van der Waals surface area contributed by atoms with Gasteiger partial charge in [0.1, 0.15) is 11.5 Å². The van der Waals surface area contributed by atoms with Crippen molar-refractivity contribution in [1.29, 1.82) is 0 Å². The first-order chi connectivity index (χ1) is 20.0. The third-order valence-corrected chi connectivity index (χ3v) is 7.15. The molecule has 220 valence electrons. The molecule has 11 nitrogen and oxygen atoms in total. The van der Waals surface area contributed by atoms with E-state index in [1.807, 2.05) is 10.6 Å². The molecule has 0 spiro atoms. The first kappa shape index (κ1) is 29.2. The lowest BCUT2D eigenvalue weighted by Crippen LogP contribution is -2.43. The van der Waals surface area contributed by atoms with Crippen molar-refractivity contribution in [1.82, 2.24) is 24.3 Å². The van der Waals surface area contributed by atoms with Crippen LogP contribution >= 0.6 is 0 Å². The van der Waals surface area contributed by atoms with E-state index in [9.17, 15) is 19.8 Å². The highest BCUT2D eigenvalue weighted by Crippen LogP contribution is 2.30. The number of pyridine rings is 1. The van der Waals surface area contributed by atoms with Crippen LogP contribution in [-0.4, -0.2) is 85.6 Å². The number of aliphatic hydroxyl groups is 1. The molecule has 1 amide bonds. The molecular weight excluding hydrogens is 536 g/mol. The number of aromatic hydroxyl groups is 1. The molecular formula is C31H36N6O5. The maximum Gasteiger partial charge on any atom is 0.258 e. The fourth-order valence-electron chi connectivity index (χ4n) is 5.02. The van der Waals surface area contributed by atoms with Crippen molar-refractivity contribution < 1.29 is 24.5 Å². The van der Waals surface area contributed by atoms with Crippen LogP contribution in [0.15, 0.2) is 48.5 Å². The van der Waals surface area contributed by atoms with Crippen LogP contribution in [0.1, 0.15) is 45.8 Å². The van der Waals surface area contributed by atoms with Gasteiger partial charge in [0, 0.05) is 50.0 Å². The van der Waals surface area contributed by atoms with Gasteiger partial charge in [-0.05, 0) is 63.7 Å². The van der Waals surface area contributed by atoms with Crippen molar-refractivity contribution in [2.75, 3.05) is 38.5 Å². The van der Waals surface area contributed by atoms with Gasteiger partial charge in [0.15, 0.2) is 6.29 Å². The first-order valence-electron chi connectivity index (χ1n) is 13.9. The van der Waals surface area contributed by atoms with Crippen LogP contribution in [0.5, 0.6) is 17.4 Å². The Bertz CT molecular complexity index is 1620. The maximum absolute atomic E-state index is 13.5. The van der Waals surface area contributed by atoms with Gasteiger partial charge in [-0.2, -0.15) is 0 Å². The topological polar surface area (TPSA) is 133 Å². The number of phenolic OH excluding ortho intramolecular Hbond substituents is 1. The third kappa shape index (κ3) is 6.76. The highest BCUT2D eigenvalue weighted by Gasteiger charge is 2.22. The summed E-state index contributed by atoms with van der Waals surface area (Å²) in [4.78, 5) is 38.7. The van der Waals surface area contributed by atoms with Crippen molar-refractivity contribution in [2.24, 2.45) is 0 Å². The molecule has 3 heterocycles. The predicted molar refractivity (Wildman–Crippen MR) is 159 cm³/mol. The average Bonchev–Trinajstić information content (AvgIpc) is 3.24. The van der Waals surface area contributed by atoms with E-state index in [1.165, 1.54) is 18.2 Å². The Balaban J connectivity index is 1.42. The molecule has 1 aliphatic rings. The number of hydrogen-bond acceptors (Lipinski definition) is 9. The van der Waals surface area contributed by atoms with Crippen molar-refractivity contribution in [3.05, 3.63) is 70.9 Å². The van der Waals surface area contributed by atoms with Crippen LogP contribution in [0, 0.1) is 6.92 Å². The third-order valence-electron chi connectivity index (χ3n) is 7.15. The molecule has 0 aliphatic carbocycles. The minimum Gasteiger partial charge on any atom is -0.507 e. The Labute approximate surface area is 244 Å². The number of anilines is 1. The first-order valence-corrected chi connectivity index (χ1v) is 13.9. The van der Waals surface area contributed by atoms with Gasteiger partial charge in [-0.1, -0.05) is 12.1 Å². The standard InChI is InChI=1S/C31H36N6O5/c1-20-14-22(16-28(32-20)42-27-7-5-6-26(39)23(27)18-38)29(40)34-30-33-24-9-8-21(17-36-12-10-35(4)11-13-36)15-25(24)37(30)19-31(2,3)41/h5-9,14-16,18,39,41H,10-13,17,19H2,1-4H3,(H,33,34,40). The van der Waals surface area contributed by atoms with Crippen LogP contribution in [0.3, 0.4) is 0 Å². The number of hydrogen-bond donors (Lipinski definition) is 3. The number of likely N-dealkylation sites (N-methyl/N-ethyl adjacent to an activating group) is 1. The Morgan fingerprint density at radius 2 is 1.86 bits per heavy atom. The highest BCUT2D eigenvalue weighted by molar-refractivity contribution is 6.04. The lowest BCUT2D eigenvalue weighted by Gasteiger charge is -2.32. The average molecular weight is 573 g/mol. The number of ether oxygens (including phenoxy) is 1. The van der Waals surface area contributed by atoms with Crippen LogP contribution in [-0.2, 0) is 13.1 Å². The number of rotatable bonds is 9. The molecule has 42 heavy (non-hydrogen) atoms. The van der Waals surface area contributed by atoms with E-state index in [0.29, 0.717) is 23.4 Å². The molecule has 0 atom stereocenters. The second-order valence-electron chi connectivity index (χ2n) is 11.4. The molecule has 0 bridgehead atoms. The largest absolute Gasteiger partial charge is 0.507 e. The zero-order chi connectivity index (χ0) is 30.0. The van der Waals surface area contributed by atoms with Crippen molar-refractivity contribution in [3.8, 4) is 17.4 Å². The SMILES string of the molecule is Cc1cc(C(=O)Nc2nc3ccc(CN4CCN(C)CC4)cc3n2CC(C)(C)O)cc(Oc2cccc(O)c2C=O)n1. The predicted octanol–water partition coefficient (Wildman–Crippen LogP) is 3.82. The number of aromatic nitrogens is 3. The van der Waals surface area contributed by atoms with E-state index >= 15 is 0 Å². The number of phenols is 1. The molecule has 11 heteroatoms. The van der Waals surface area contributed by atoms with Gasteiger partial charge in [-0.15, -0.1) is 0 Å². The van der Waals surface area contributed by atoms with Crippen LogP contribution in [0.2, 0.25) is 0 Å². The van der Waals surface area contributed by atoms with E-state index in [4.69, 9.17) is 9.72 Å². The summed E-state index contributed by atoms with van der Waals surface area (Å²) in [5.74, 6) is -0.143. The lowest BCUT2D eigenvalue weighted by molar-refractivity contribution is 0.0630. The quantitative estimate of drug-likeness (QED) is 0.256. The van der Waals surface area contributed by atoms with Gasteiger partial charge in [0.2, 0.25) is 11.8 Å². The number of nitrogens with zero attached hydrogens (tertiary/aromatic N) is 5. The number of aryl methyl sites for hydroxylation is 1. The van der Waals surface area contributed by atoms with E-state index < -0.39 is 11.5 Å². The number of piperazine rings is 1. The Hall–Kier alpha value is -4.32. The molecule has 0 unspecified atom stereocenters. The molecule has 5 rings (SSSR count). The molecule has 0 radical (unpaired) electrons. The van der Waals surface area contributed by atoms with Crippen molar-refractivity contribution >= 4 is 29.2 Å². The Kier molecular flexibility index (Phi) is 8.26. The van der Waals surface area contributed by atoms with Gasteiger partial charge in [-0.25, -0.2) is 9.97 Å². The van der Waals surface area contributed by atoms with Gasteiger partial charge in [-0.3, -0.25) is 19.8 Å². The van der Waals surface area contributed by atoms with Crippen LogP contribution < -0.4 is 10.1 Å². The fourth-order valence-corrected chi connectivity index (χ4v) is 5.02. The number of fused-ring (bicyclic) bond motifs is 1.